The molecule has 0 spiro atoms. The molecule has 2 heterocycles. The van der Waals surface area contributed by atoms with Gasteiger partial charge in [-0.25, -0.2) is 9.83 Å². The molecule has 0 aliphatic heterocycles. The topological polar surface area (TPSA) is 93.3 Å². The molecule has 1 fully saturated rings. The van der Waals surface area contributed by atoms with Gasteiger partial charge in [-0.2, -0.15) is 0 Å². The number of rotatable bonds is 9. The first-order valence-corrected chi connectivity index (χ1v) is 14.0. The average molecular weight is 548 g/mol. The fourth-order valence-electron chi connectivity index (χ4n) is 6.62. The number of aromatic amines is 1. The minimum absolute atomic E-state index is 0.113. The number of carbonyl (C=O) groups excluding carboxylic acids is 2. The maximum atomic E-state index is 12.2. The molecular weight excluding hydrogens is 506 g/mol. The van der Waals surface area contributed by atoms with Gasteiger partial charge in [0.15, 0.2) is 5.82 Å². The summed E-state index contributed by atoms with van der Waals surface area (Å²) in [6.45, 7) is 19.2. The van der Waals surface area contributed by atoms with Gasteiger partial charge in [0.25, 0.3) is 0 Å². The van der Waals surface area contributed by atoms with E-state index in [1.807, 2.05) is 4.52 Å². The van der Waals surface area contributed by atoms with Crippen LogP contribution in [-0.4, -0.2) is 58.7 Å². The fraction of sp³-hybridized carbons (Fsp3) is 0.548. The summed E-state index contributed by atoms with van der Waals surface area (Å²) in [5.41, 5.74) is 6.09. The van der Waals surface area contributed by atoms with Gasteiger partial charge in [0.1, 0.15) is 5.65 Å². The van der Waals surface area contributed by atoms with Gasteiger partial charge >= 0.3 is 11.9 Å². The molecule has 3 aromatic rings. The smallest absolute Gasteiger partial charge is 0.319 e. The second-order valence-corrected chi connectivity index (χ2v) is 11.7. The third-order valence-corrected chi connectivity index (χ3v) is 8.34. The van der Waals surface area contributed by atoms with Gasteiger partial charge < -0.3 is 9.47 Å². The van der Waals surface area contributed by atoms with Crippen LogP contribution in [0.3, 0.4) is 0 Å². The van der Waals surface area contributed by atoms with E-state index in [4.69, 9.17) is 21.0 Å². The number of nitrogens with zero attached hydrogens (tertiary/aromatic N) is 4. The molecule has 1 aromatic carbocycles. The Morgan fingerprint density at radius 1 is 1.05 bits per heavy atom. The summed E-state index contributed by atoms with van der Waals surface area (Å²) in [5.74, 6) is 1.96. The molecule has 1 saturated carbocycles. The quantitative estimate of drug-likeness (QED) is 0.281. The van der Waals surface area contributed by atoms with Crippen molar-refractivity contribution in [2.24, 2.45) is 23.7 Å². The minimum Gasteiger partial charge on any atom is -0.468 e. The molecule has 40 heavy (non-hydrogen) atoms. The van der Waals surface area contributed by atoms with Crippen molar-refractivity contribution in [2.45, 2.75) is 60.4 Å². The van der Waals surface area contributed by atoms with Crippen molar-refractivity contribution in [3.63, 3.8) is 0 Å². The zero-order valence-electron chi connectivity index (χ0n) is 24.7. The van der Waals surface area contributed by atoms with Crippen LogP contribution in [0, 0.1) is 44.1 Å². The second-order valence-electron chi connectivity index (χ2n) is 11.7. The molecule has 2 aromatic heterocycles. The number of fused-ring (bicyclic) bond motifs is 1. The predicted molar refractivity (Wildman–Crippen MR) is 154 cm³/mol. The SMILES string of the molecule is [C-]#[N+]c1c(CC2C(C)CC(C)CC2C)c2nc(-c3cc(C)cc(C)c3)[nH]n2c1CN(CC(=O)OC)CC(=O)OC. The molecule has 214 valence electrons. The molecule has 9 nitrogen and oxygen atoms in total. The van der Waals surface area contributed by atoms with Crippen LogP contribution in [0.5, 0.6) is 0 Å². The second kappa shape index (κ2) is 12.3. The zero-order valence-corrected chi connectivity index (χ0v) is 24.7. The Kier molecular flexibility index (Phi) is 8.99. The fourth-order valence-corrected chi connectivity index (χ4v) is 6.62. The van der Waals surface area contributed by atoms with E-state index in [2.05, 4.69) is 62.8 Å². The van der Waals surface area contributed by atoms with E-state index in [1.165, 1.54) is 27.1 Å². The number of aromatic nitrogens is 3. The molecule has 4 rings (SSSR count). The van der Waals surface area contributed by atoms with Crippen molar-refractivity contribution in [1.29, 1.82) is 0 Å². The van der Waals surface area contributed by atoms with Crippen LogP contribution in [-0.2, 0) is 32.0 Å². The Labute approximate surface area is 236 Å². The molecule has 0 saturated heterocycles. The molecule has 0 bridgehead atoms. The van der Waals surface area contributed by atoms with Gasteiger partial charge in [-0.15, -0.1) is 0 Å². The number of nitrogens with one attached hydrogen (secondary N) is 1. The Hall–Kier alpha value is -3.64. The van der Waals surface area contributed by atoms with Crippen molar-refractivity contribution in [3.05, 3.63) is 52.0 Å². The van der Waals surface area contributed by atoms with E-state index in [-0.39, 0.29) is 19.6 Å². The van der Waals surface area contributed by atoms with E-state index in [0.717, 1.165) is 34.3 Å². The number of esters is 2. The highest BCUT2D eigenvalue weighted by atomic mass is 16.5. The first-order chi connectivity index (χ1) is 19.0. The number of hydrogen-bond acceptors (Lipinski definition) is 6. The molecular formula is C31H41N5O4. The van der Waals surface area contributed by atoms with E-state index in [0.29, 0.717) is 40.9 Å². The largest absolute Gasteiger partial charge is 0.468 e. The van der Waals surface area contributed by atoms with Crippen molar-refractivity contribution in [1.82, 2.24) is 19.5 Å². The van der Waals surface area contributed by atoms with E-state index >= 15 is 0 Å². The van der Waals surface area contributed by atoms with Crippen LogP contribution in [0.2, 0.25) is 0 Å². The zero-order chi connectivity index (χ0) is 29.1. The van der Waals surface area contributed by atoms with Gasteiger partial charge in [-0.05, 0) is 68.9 Å². The third kappa shape index (κ3) is 6.23. The summed E-state index contributed by atoms with van der Waals surface area (Å²) in [4.78, 5) is 35.1. The summed E-state index contributed by atoms with van der Waals surface area (Å²) in [5, 5.41) is 3.44. The van der Waals surface area contributed by atoms with Crippen LogP contribution in [0.4, 0.5) is 5.69 Å². The molecule has 9 heteroatoms. The molecule has 1 aliphatic carbocycles. The number of benzene rings is 1. The number of hydrogen-bond donors (Lipinski definition) is 1. The Morgan fingerprint density at radius 3 is 2.15 bits per heavy atom. The van der Waals surface area contributed by atoms with Crippen LogP contribution in [0.15, 0.2) is 18.2 Å². The number of ether oxygens (including phenoxy) is 2. The van der Waals surface area contributed by atoms with Gasteiger partial charge in [-0.1, -0.05) is 38.0 Å². The van der Waals surface area contributed by atoms with Crippen LogP contribution < -0.4 is 0 Å². The van der Waals surface area contributed by atoms with Crippen molar-refractivity contribution >= 4 is 23.3 Å². The van der Waals surface area contributed by atoms with Gasteiger partial charge in [0, 0.05) is 17.7 Å². The Bertz CT molecular complexity index is 1380. The van der Waals surface area contributed by atoms with E-state index < -0.39 is 11.9 Å². The van der Waals surface area contributed by atoms with Crippen LogP contribution in [0.1, 0.15) is 56.0 Å². The number of methoxy groups -OCH3 is 2. The maximum absolute atomic E-state index is 12.2. The van der Waals surface area contributed by atoms with E-state index in [1.54, 1.807) is 4.90 Å². The lowest BCUT2D eigenvalue weighted by atomic mass is 9.67. The lowest BCUT2D eigenvalue weighted by Gasteiger charge is -2.38. The van der Waals surface area contributed by atoms with Crippen molar-refractivity contribution in [2.75, 3.05) is 27.3 Å². The van der Waals surface area contributed by atoms with Crippen LogP contribution >= 0.6 is 0 Å². The van der Waals surface area contributed by atoms with Crippen molar-refractivity contribution in [3.8, 4) is 11.4 Å². The Morgan fingerprint density at radius 2 is 1.62 bits per heavy atom. The highest BCUT2D eigenvalue weighted by Crippen LogP contribution is 2.43. The number of aryl methyl sites for hydroxylation is 2. The summed E-state index contributed by atoms with van der Waals surface area (Å²) in [6, 6.07) is 6.30. The summed E-state index contributed by atoms with van der Waals surface area (Å²) < 4.78 is 11.6. The Balaban J connectivity index is 1.85. The van der Waals surface area contributed by atoms with Gasteiger partial charge in [-0.3, -0.25) is 24.1 Å². The van der Waals surface area contributed by atoms with Crippen LogP contribution in [0.25, 0.3) is 21.9 Å². The van der Waals surface area contributed by atoms with E-state index in [9.17, 15) is 9.59 Å². The van der Waals surface area contributed by atoms with Gasteiger partial charge in [0.05, 0.1) is 39.6 Å². The predicted octanol–water partition coefficient (Wildman–Crippen LogP) is 5.51. The number of H-pyrrole nitrogens is 1. The molecule has 1 aliphatic rings. The number of carbonyl (C=O) groups is 2. The maximum Gasteiger partial charge on any atom is 0.319 e. The summed E-state index contributed by atoms with van der Waals surface area (Å²) >= 11 is 0. The molecule has 2 atom stereocenters. The first-order valence-electron chi connectivity index (χ1n) is 14.0. The monoisotopic (exact) mass is 547 g/mol. The standard InChI is InChI=1S/C31H41N5O4/c1-18-9-19(2)13-23(12-18)30-33-31-25(14-24-21(4)10-20(3)11-22(24)5)29(32-6)26(36(31)34-30)15-35(16-27(37)39-7)17-28(38)40-8/h9,12-13,20-22,24H,10-11,14-17H2,1-5,7-8H3,(H,33,34). The molecule has 0 amide bonds. The normalized spacial score (nSPS) is 21.0. The summed E-state index contributed by atoms with van der Waals surface area (Å²) in [7, 11) is 2.63. The van der Waals surface area contributed by atoms with Gasteiger partial charge in [0.2, 0.25) is 5.69 Å². The third-order valence-electron chi connectivity index (χ3n) is 8.34. The highest BCUT2D eigenvalue weighted by molar-refractivity contribution is 5.76. The molecule has 1 N–H and O–H groups in total. The highest BCUT2D eigenvalue weighted by Gasteiger charge is 2.34. The average Bonchev–Trinajstić information content (AvgIpc) is 3.43. The lowest BCUT2D eigenvalue weighted by molar-refractivity contribution is -0.145. The molecule has 2 unspecified atom stereocenters. The molecule has 0 radical (unpaired) electrons. The minimum atomic E-state index is -0.471. The summed E-state index contributed by atoms with van der Waals surface area (Å²) in [6.07, 6.45) is 3.10. The van der Waals surface area contributed by atoms with Crippen molar-refractivity contribution < 1.29 is 19.1 Å². The first kappa shape index (κ1) is 29.3. The lowest BCUT2D eigenvalue weighted by Crippen LogP contribution is -2.35.